The van der Waals surface area contributed by atoms with Crippen molar-refractivity contribution in [2.75, 3.05) is 17.3 Å². The molecule has 2 aromatic carbocycles. The van der Waals surface area contributed by atoms with Crippen LogP contribution >= 0.6 is 11.6 Å². The van der Waals surface area contributed by atoms with Gasteiger partial charge in [-0.15, -0.1) is 11.6 Å². The summed E-state index contributed by atoms with van der Waals surface area (Å²) in [5.74, 6) is -0.245. The monoisotopic (exact) mass is 363 g/mol. The number of nitrogens with zero attached hydrogens (tertiary/aromatic N) is 1. The third kappa shape index (κ3) is 4.01. The molecular weight excluding hydrogens is 344 g/mol. The molecule has 1 aliphatic rings. The fourth-order valence-electron chi connectivity index (χ4n) is 3.43. The van der Waals surface area contributed by atoms with Crippen molar-refractivity contribution in [2.45, 2.75) is 31.6 Å². The standard InChI is InChI=1S/C20H20ClF2NO/c21-11-1-4-20(25)24-12-2-3-17(14-5-7-15(22)8-6-14)18-10-9-16(23)13-19(18)24/h5-10,13,17H,1-4,11-12H2. The van der Waals surface area contributed by atoms with Crippen molar-refractivity contribution >= 4 is 23.2 Å². The molecule has 0 fully saturated rings. The fraction of sp³-hybridized carbons (Fsp3) is 0.350. The quantitative estimate of drug-likeness (QED) is 0.680. The highest BCUT2D eigenvalue weighted by molar-refractivity contribution is 6.18. The van der Waals surface area contributed by atoms with Crippen molar-refractivity contribution in [3.8, 4) is 0 Å². The maximum absolute atomic E-state index is 13.9. The number of carbonyl (C=O) groups excluding carboxylic acids is 1. The Labute approximate surface area is 151 Å². The van der Waals surface area contributed by atoms with Gasteiger partial charge in [-0.1, -0.05) is 18.2 Å². The molecule has 0 saturated carbocycles. The average Bonchev–Trinajstić information content (AvgIpc) is 2.79. The largest absolute Gasteiger partial charge is 0.312 e. The number of anilines is 1. The zero-order chi connectivity index (χ0) is 17.8. The Balaban J connectivity index is 2.00. The van der Waals surface area contributed by atoms with E-state index in [0.29, 0.717) is 31.0 Å². The lowest BCUT2D eigenvalue weighted by molar-refractivity contribution is -0.118. The molecule has 25 heavy (non-hydrogen) atoms. The summed E-state index contributed by atoms with van der Waals surface area (Å²) < 4.78 is 27.1. The van der Waals surface area contributed by atoms with Crippen LogP contribution in [0.5, 0.6) is 0 Å². The molecule has 1 atom stereocenters. The maximum atomic E-state index is 13.9. The molecule has 2 nitrogen and oxygen atoms in total. The second-order valence-electron chi connectivity index (χ2n) is 6.29. The Morgan fingerprint density at radius 2 is 1.84 bits per heavy atom. The van der Waals surface area contributed by atoms with E-state index < -0.39 is 0 Å². The lowest BCUT2D eigenvalue weighted by Gasteiger charge is -2.24. The van der Waals surface area contributed by atoms with Crippen LogP contribution in [0.25, 0.3) is 0 Å². The SMILES string of the molecule is O=C(CCCCl)N1CCCC(c2ccc(F)cc2)c2ccc(F)cc21. The summed E-state index contributed by atoms with van der Waals surface area (Å²) in [5, 5.41) is 0. The summed E-state index contributed by atoms with van der Waals surface area (Å²) in [5.41, 5.74) is 2.50. The van der Waals surface area contributed by atoms with Crippen LogP contribution in [0.4, 0.5) is 14.5 Å². The number of amides is 1. The van der Waals surface area contributed by atoms with E-state index in [1.807, 2.05) is 0 Å². The normalized spacial score (nSPS) is 17.1. The van der Waals surface area contributed by atoms with Gasteiger partial charge in [-0.2, -0.15) is 0 Å². The summed E-state index contributed by atoms with van der Waals surface area (Å²) in [6.45, 7) is 0.551. The van der Waals surface area contributed by atoms with E-state index in [-0.39, 0.29) is 23.5 Å². The third-order valence-electron chi connectivity index (χ3n) is 4.63. The van der Waals surface area contributed by atoms with Gasteiger partial charge in [0.1, 0.15) is 11.6 Å². The summed E-state index contributed by atoms with van der Waals surface area (Å²) in [6.07, 6.45) is 2.57. The topological polar surface area (TPSA) is 20.3 Å². The number of carbonyl (C=O) groups is 1. The molecule has 0 saturated heterocycles. The maximum Gasteiger partial charge on any atom is 0.227 e. The number of hydrogen-bond acceptors (Lipinski definition) is 1. The van der Waals surface area contributed by atoms with E-state index in [0.717, 1.165) is 24.0 Å². The number of hydrogen-bond donors (Lipinski definition) is 0. The van der Waals surface area contributed by atoms with Crippen LogP contribution in [0.3, 0.4) is 0 Å². The fourth-order valence-corrected chi connectivity index (χ4v) is 3.56. The second-order valence-corrected chi connectivity index (χ2v) is 6.67. The van der Waals surface area contributed by atoms with Gasteiger partial charge in [0.2, 0.25) is 5.91 Å². The average molecular weight is 364 g/mol. The molecular formula is C20H20ClF2NO. The molecule has 0 aliphatic carbocycles. The first-order valence-corrected chi connectivity index (χ1v) is 9.05. The van der Waals surface area contributed by atoms with E-state index in [2.05, 4.69) is 0 Å². The molecule has 1 aliphatic heterocycles. The van der Waals surface area contributed by atoms with Crippen molar-refractivity contribution < 1.29 is 13.6 Å². The predicted octanol–water partition coefficient (Wildman–Crippen LogP) is 5.24. The predicted molar refractivity (Wildman–Crippen MR) is 96.2 cm³/mol. The third-order valence-corrected chi connectivity index (χ3v) is 4.90. The summed E-state index contributed by atoms with van der Waals surface area (Å²) in [4.78, 5) is 14.2. The second kappa shape index (κ2) is 7.96. The highest BCUT2D eigenvalue weighted by atomic mass is 35.5. The Kier molecular flexibility index (Phi) is 5.69. The molecule has 0 radical (unpaired) electrons. The molecule has 2 aromatic rings. The molecule has 3 rings (SSSR count). The van der Waals surface area contributed by atoms with Gasteiger partial charge in [-0.3, -0.25) is 4.79 Å². The van der Waals surface area contributed by atoms with Gasteiger partial charge in [0.05, 0.1) is 5.69 Å². The van der Waals surface area contributed by atoms with Crippen LogP contribution in [0.2, 0.25) is 0 Å². The lowest BCUT2D eigenvalue weighted by Crippen LogP contribution is -2.31. The molecule has 0 N–H and O–H groups in total. The van der Waals surface area contributed by atoms with Crippen LogP contribution < -0.4 is 4.90 Å². The first-order chi connectivity index (χ1) is 12.1. The highest BCUT2D eigenvalue weighted by Gasteiger charge is 2.27. The molecule has 5 heteroatoms. The number of benzene rings is 2. The van der Waals surface area contributed by atoms with E-state index in [1.165, 1.54) is 24.3 Å². The van der Waals surface area contributed by atoms with Crippen molar-refractivity contribution in [3.63, 3.8) is 0 Å². The van der Waals surface area contributed by atoms with Crippen LogP contribution in [0, 0.1) is 11.6 Å². The van der Waals surface area contributed by atoms with Crippen LogP contribution in [0.1, 0.15) is 42.7 Å². The van der Waals surface area contributed by atoms with Gasteiger partial charge in [0.15, 0.2) is 0 Å². The first kappa shape index (κ1) is 17.9. The van der Waals surface area contributed by atoms with Crippen molar-refractivity contribution in [3.05, 3.63) is 65.2 Å². The summed E-state index contributed by atoms with van der Waals surface area (Å²) in [6, 6.07) is 11.0. The van der Waals surface area contributed by atoms with Crippen molar-refractivity contribution in [2.24, 2.45) is 0 Å². The van der Waals surface area contributed by atoms with E-state index in [4.69, 9.17) is 11.6 Å². The Morgan fingerprint density at radius 3 is 2.56 bits per heavy atom. The minimum atomic E-state index is -0.367. The smallest absolute Gasteiger partial charge is 0.227 e. The molecule has 132 valence electrons. The minimum Gasteiger partial charge on any atom is -0.312 e. The van der Waals surface area contributed by atoms with Crippen LogP contribution in [-0.4, -0.2) is 18.3 Å². The molecule has 1 heterocycles. The van der Waals surface area contributed by atoms with Crippen LogP contribution in [-0.2, 0) is 4.79 Å². The number of halogens is 3. The molecule has 0 aromatic heterocycles. The molecule has 1 unspecified atom stereocenters. The zero-order valence-electron chi connectivity index (χ0n) is 13.9. The van der Waals surface area contributed by atoms with Crippen molar-refractivity contribution in [1.82, 2.24) is 0 Å². The zero-order valence-corrected chi connectivity index (χ0v) is 14.6. The van der Waals surface area contributed by atoms with E-state index in [1.54, 1.807) is 23.1 Å². The summed E-state index contributed by atoms with van der Waals surface area (Å²) in [7, 11) is 0. The van der Waals surface area contributed by atoms with Gasteiger partial charge in [0, 0.05) is 24.8 Å². The van der Waals surface area contributed by atoms with Gasteiger partial charge < -0.3 is 4.90 Å². The minimum absolute atomic E-state index is 0.0158. The highest BCUT2D eigenvalue weighted by Crippen LogP contribution is 2.39. The summed E-state index contributed by atoms with van der Waals surface area (Å²) >= 11 is 5.70. The van der Waals surface area contributed by atoms with Gasteiger partial charge >= 0.3 is 0 Å². The van der Waals surface area contributed by atoms with Gasteiger partial charge in [0.25, 0.3) is 0 Å². The molecule has 1 amide bonds. The Hall–Kier alpha value is -1.94. The van der Waals surface area contributed by atoms with Crippen molar-refractivity contribution in [1.29, 1.82) is 0 Å². The van der Waals surface area contributed by atoms with E-state index in [9.17, 15) is 13.6 Å². The van der Waals surface area contributed by atoms with Gasteiger partial charge in [-0.05, 0) is 54.7 Å². The van der Waals surface area contributed by atoms with E-state index >= 15 is 0 Å². The number of alkyl halides is 1. The Morgan fingerprint density at radius 1 is 1.12 bits per heavy atom. The van der Waals surface area contributed by atoms with Crippen LogP contribution in [0.15, 0.2) is 42.5 Å². The number of rotatable bonds is 4. The number of fused-ring (bicyclic) bond motifs is 1. The Bertz CT molecular complexity index is 748. The van der Waals surface area contributed by atoms with Gasteiger partial charge in [-0.25, -0.2) is 8.78 Å². The molecule has 0 bridgehead atoms. The molecule has 0 spiro atoms. The first-order valence-electron chi connectivity index (χ1n) is 8.51. The lowest BCUT2D eigenvalue weighted by atomic mass is 9.87.